The van der Waals surface area contributed by atoms with Crippen molar-refractivity contribution in [1.82, 2.24) is 9.71 Å². The van der Waals surface area contributed by atoms with Crippen molar-refractivity contribution in [3.8, 4) is 0 Å². The van der Waals surface area contributed by atoms with E-state index in [0.29, 0.717) is 16.8 Å². The maximum absolute atomic E-state index is 12.8. The zero-order chi connectivity index (χ0) is 20.6. The van der Waals surface area contributed by atoms with Crippen molar-refractivity contribution in [2.24, 2.45) is 0 Å². The van der Waals surface area contributed by atoms with Gasteiger partial charge in [0.25, 0.3) is 0 Å². The van der Waals surface area contributed by atoms with E-state index < -0.39 is 15.9 Å². The van der Waals surface area contributed by atoms with E-state index in [-0.39, 0.29) is 11.4 Å². The molecule has 3 aromatic rings. The molecule has 0 bridgehead atoms. The molecule has 2 N–H and O–H groups in total. The zero-order valence-electron chi connectivity index (χ0n) is 16.5. The lowest BCUT2D eigenvalue weighted by atomic mass is 10.0. The smallest absolute Gasteiger partial charge is 0.241 e. The Bertz CT molecular complexity index is 1150. The fourth-order valence-corrected chi connectivity index (χ4v) is 5.54. The van der Waals surface area contributed by atoms with E-state index in [0.717, 1.165) is 26.4 Å². The summed E-state index contributed by atoms with van der Waals surface area (Å²) in [6, 6.07) is 7.42. The summed E-state index contributed by atoms with van der Waals surface area (Å²) in [5, 5.41) is 3.67. The SMILES string of the molecule is Cc1nc2cc(NC(=O)CNS(=O)(=O)c3c(C)c(C)cc(C)c3C)ccc2s1. The van der Waals surface area contributed by atoms with Crippen molar-refractivity contribution in [2.75, 3.05) is 11.9 Å². The van der Waals surface area contributed by atoms with Crippen LogP contribution < -0.4 is 10.0 Å². The van der Waals surface area contributed by atoms with Gasteiger partial charge in [-0.3, -0.25) is 4.79 Å². The van der Waals surface area contributed by atoms with Gasteiger partial charge in [0.2, 0.25) is 15.9 Å². The van der Waals surface area contributed by atoms with Crippen molar-refractivity contribution in [1.29, 1.82) is 0 Å². The number of nitrogens with zero attached hydrogens (tertiary/aromatic N) is 1. The van der Waals surface area contributed by atoms with Gasteiger partial charge in [-0.05, 0) is 75.1 Å². The molecule has 0 atom stereocenters. The fraction of sp³-hybridized carbons (Fsp3) is 0.300. The molecule has 1 aromatic heterocycles. The minimum Gasteiger partial charge on any atom is -0.325 e. The molecule has 3 rings (SSSR count). The van der Waals surface area contributed by atoms with Gasteiger partial charge >= 0.3 is 0 Å². The van der Waals surface area contributed by atoms with Crippen molar-refractivity contribution >= 4 is 43.2 Å². The number of hydrogen-bond donors (Lipinski definition) is 2. The second-order valence-electron chi connectivity index (χ2n) is 6.88. The number of benzene rings is 2. The maximum Gasteiger partial charge on any atom is 0.241 e. The predicted octanol–water partition coefficient (Wildman–Crippen LogP) is 3.76. The van der Waals surface area contributed by atoms with Crippen LogP contribution >= 0.6 is 11.3 Å². The van der Waals surface area contributed by atoms with Gasteiger partial charge in [0.05, 0.1) is 26.7 Å². The molecule has 0 saturated heterocycles. The number of thiazole rings is 1. The Morgan fingerprint density at radius 2 is 1.68 bits per heavy atom. The molecule has 0 aliphatic heterocycles. The second kappa shape index (κ2) is 7.62. The second-order valence-corrected chi connectivity index (χ2v) is 9.82. The van der Waals surface area contributed by atoms with E-state index in [1.165, 1.54) is 0 Å². The average Bonchev–Trinajstić information content (AvgIpc) is 2.98. The summed E-state index contributed by atoms with van der Waals surface area (Å²) >= 11 is 1.58. The summed E-state index contributed by atoms with van der Waals surface area (Å²) in [7, 11) is -3.81. The summed E-state index contributed by atoms with van der Waals surface area (Å²) in [5.74, 6) is -0.436. The van der Waals surface area contributed by atoms with Crippen molar-refractivity contribution in [3.63, 3.8) is 0 Å². The van der Waals surface area contributed by atoms with Gasteiger partial charge in [0.1, 0.15) is 0 Å². The van der Waals surface area contributed by atoms with E-state index in [2.05, 4.69) is 15.0 Å². The zero-order valence-corrected chi connectivity index (χ0v) is 18.1. The van der Waals surface area contributed by atoms with Gasteiger partial charge in [-0.25, -0.2) is 18.1 Å². The van der Waals surface area contributed by atoms with E-state index in [4.69, 9.17) is 0 Å². The van der Waals surface area contributed by atoms with Crippen molar-refractivity contribution in [2.45, 2.75) is 39.5 Å². The molecular formula is C20H23N3O3S2. The largest absolute Gasteiger partial charge is 0.325 e. The monoisotopic (exact) mass is 417 g/mol. The number of sulfonamides is 1. The van der Waals surface area contributed by atoms with Crippen LogP contribution in [-0.4, -0.2) is 25.9 Å². The van der Waals surface area contributed by atoms with Crippen LogP contribution in [0.4, 0.5) is 5.69 Å². The molecule has 0 aliphatic rings. The first-order chi connectivity index (χ1) is 13.1. The van der Waals surface area contributed by atoms with Crippen LogP contribution in [0.5, 0.6) is 0 Å². The van der Waals surface area contributed by atoms with Gasteiger partial charge < -0.3 is 5.32 Å². The van der Waals surface area contributed by atoms with Crippen LogP contribution in [0.3, 0.4) is 0 Å². The minimum absolute atomic E-state index is 0.247. The molecule has 0 spiro atoms. The first-order valence-corrected chi connectivity index (χ1v) is 11.1. The highest BCUT2D eigenvalue weighted by atomic mass is 32.2. The van der Waals surface area contributed by atoms with Crippen LogP contribution in [0.15, 0.2) is 29.2 Å². The van der Waals surface area contributed by atoms with Crippen LogP contribution in [0, 0.1) is 34.6 Å². The van der Waals surface area contributed by atoms with Crippen LogP contribution in [0.2, 0.25) is 0 Å². The fourth-order valence-electron chi connectivity index (χ4n) is 3.14. The number of aromatic nitrogens is 1. The Hall–Kier alpha value is -2.29. The Morgan fingerprint density at radius 1 is 1.04 bits per heavy atom. The highest BCUT2D eigenvalue weighted by Gasteiger charge is 2.22. The van der Waals surface area contributed by atoms with Crippen LogP contribution in [0.1, 0.15) is 27.3 Å². The van der Waals surface area contributed by atoms with E-state index in [9.17, 15) is 13.2 Å². The van der Waals surface area contributed by atoms with Crippen LogP contribution in [-0.2, 0) is 14.8 Å². The predicted molar refractivity (Wildman–Crippen MR) is 114 cm³/mol. The highest BCUT2D eigenvalue weighted by molar-refractivity contribution is 7.89. The first-order valence-electron chi connectivity index (χ1n) is 8.82. The summed E-state index contributed by atoms with van der Waals surface area (Å²) in [6.07, 6.45) is 0. The number of hydrogen-bond acceptors (Lipinski definition) is 5. The lowest BCUT2D eigenvalue weighted by Crippen LogP contribution is -2.33. The van der Waals surface area contributed by atoms with Crippen LogP contribution in [0.25, 0.3) is 10.2 Å². The third kappa shape index (κ3) is 4.09. The Morgan fingerprint density at radius 3 is 2.32 bits per heavy atom. The molecule has 8 heteroatoms. The Labute approximate surface area is 169 Å². The standard InChI is InChI=1S/C20H23N3O3S2/c1-11-8-12(2)14(4)20(13(11)3)28(25,26)21-10-19(24)23-16-6-7-18-17(9-16)22-15(5)27-18/h6-9,21H,10H2,1-5H3,(H,23,24). The van der Waals surface area contributed by atoms with E-state index >= 15 is 0 Å². The van der Waals surface area contributed by atoms with Crippen molar-refractivity contribution in [3.05, 3.63) is 51.5 Å². The molecule has 0 aliphatic carbocycles. The minimum atomic E-state index is -3.81. The molecule has 0 radical (unpaired) electrons. The van der Waals surface area contributed by atoms with Gasteiger partial charge in [0, 0.05) is 5.69 Å². The number of amides is 1. The Kier molecular flexibility index (Phi) is 5.56. The first kappa shape index (κ1) is 20.4. The Balaban J connectivity index is 1.74. The molecule has 1 heterocycles. The number of aryl methyl sites for hydroxylation is 3. The third-order valence-electron chi connectivity index (χ3n) is 4.77. The lowest BCUT2D eigenvalue weighted by molar-refractivity contribution is -0.115. The number of carbonyl (C=O) groups excluding carboxylic acids is 1. The molecule has 0 fully saturated rings. The lowest BCUT2D eigenvalue weighted by Gasteiger charge is -2.16. The number of nitrogens with one attached hydrogen (secondary N) is 2. The number of anilines is 1. The molecule has 148 valence electrons. The normalized spacial score (nSPS) is 11.8. The molecule has 0 unspecified atom stereocenters. The third-order valence-corrected chi connectivity index (χ3v) is 7.39. The molecule has 6 nitrogen and oxygen atoms in total. The molecule has 2 aromatic carbocycles. The summed E-state index contributed by atoms with van der Waals surface area (Å²) in [6.45, 7) is 8.90. The quantitative estimate of drug-likeness (QED) is 0.662. The van der Waals surface area contributed by atoms with E-state index in [1.807, 2.05) is 32.9 Å². The summed E-state index contributed by atoms with van der Waals surface area (Å²) in [4.78, 5) is 16.9. The summed E-state index contributed by atoms with van der Waals surface area (Å²) < 4.78 is 29.1. The molecule has 0 saturated carbocycles. The van der Waals surface area contributed by atoms with Gasteiger partial charge in [-0.2, -0.15) is 0 Å². The number of rotatable bonds is 5. The summed E-state index contributed by atoms with van der Waals surface area (Å²) in [5.41, 5.74) is 4.59. The van der Waals surface area contributed by atoms with E-state index in [1.54, 1.807) is 37.3 Å². The number of carbonyl (C=O) groups is 1. The molecule has 28 heavy (non-hydrogen) atoms. The van der Waals surface area contributed by atoms with Gasteiger partial charge in [-0.15, -0.1) is 11.3 Å². The topological polar surface area (TPSA) is 88.2 Å². The molecular weight excluding hydrogens is 394 g/mol. The maximum atomic E-state index is 12.8. The number of fused-ring (bicyclic) bond motifs is 1. The highest BCUT2D eigenvalue weighted by Crippen LogP contribution is 2.26. The van der Waals surface area contributed by atoms with Gasteiger partial charge in [0.15, 0.2) is 0 Å². The van der Waals surface area contributed by atoms with Crippen molar-refractivity contribution < 1.29 is 13.2 Å². The van der Waals surface area contributed by atoms with Gasteiger partial charge in [-0.1, -0.05) is 6.07 Å². The average molecular weight is 418 g/mol. The molecule has 1 amide bonds.